The monoisotopic (exact) mass is 520 g/mol. The second-order valence-corrected chi connectivity index (χ2v) is 7.81. The number of guanidine groups is 1. The molecule has 9 heteroatoms. The molecule has 0 amide bonds. The molecule has 1 atom stereocenters. The van der Waals surface area contributed by atoms with Crippen molar-refractivity contribution in [2.45, 2.75) is 77.0 Å². The van der Waals surface area contributed by atoms with Crippen LogP contribution in [0, 0.1) is 6.92 Å². The molecular weight excluding hydrogens is 483 g/mol. The Morgan fingerprint density at radius 3 is 2.59 bits per heavy atom. The normalized spacial score (nSPS) is 20.9. The summed E-state index contributed by atoms with van der Waals surface area (Å²) < 4.78 is 13.8. The molecule has 2 heterocycles. The van der Waals surface area contributed by atoms with E-state index in [4.69, 9.17) is 9.47 Å². The van der Waals surface area contributed by atoms with Crippen molar-refractivity contribution in [3.63, 3.8) is 0 Å². The zero-order chi connectivity index (χ0) is 19.6. The zero-order valence-corrected chi connectivity index (χ0v) is 20.2. The molecule has 1 aromatic heterocycles. The number of aromatic nitrogens is 3. The van der Waals surface area contributed by atoms with Gasteiger partial charge in [0.05, 0.1) is 18.8 Å². The summed E-state index contributed by atoms with van der Waals surface area (Å²) in [4.78, 5) is 4.69. The molecule has 0 bridgehead atoms. The predicted octanol–water partition coefficient (Wildman–Crippen LogP) is 2.70. The van der Waals surface area contributed by atoms with E-state index in [0.29, 0.717) is 19.3 Å². The molecule has 8 nitrogen and oxygen atoms in total. The fourth-order valence-electron chi connectivity index (χ4n) is 3.73. The number of hydrogen-bond acceptors (Lipinski definition) is 5. The second kappa shape index (κ2) is 13.4. The summed E-state index contributed by atoms with van der Waals surface area (Å²) in [6.07, 6.45) is 10.6. The van der Waals surface area contributed by atoms with Crippen LogP contribution in [0.25, 0.3) is 0 Å². The second-order valence-electron chi connectivity index (χ2n) is 7.81. The standard InChI is InChI=1S/C20H36N6O2.HI/c1-16-24-25-19(26(16)2)15-23-20(22-14-18-10-7-12-27-18)21-11-13-28-17-8-5-3-4-6-9-17;/h17-18H,3-15H2,1-2H3,(H2,21,22,23);1H. The number of aliphatic imine (C=N–C) groups is 1. The maximum absolute atomic E-state index is 6.08. The molecule has 1 saturated heterocycles. The lowest BCUT2D eigenvalue weighted by Gasteiger charge is -2.18. The Hall–Kier alpha value is -0.940. The molecule has 1 unspecified atom stereocenters. The largest absolute Gasteiger partial charge is 0.376 e. The summed E-state index contributed by atoms with van der Waals surface area (Å²) in [5, 5.41) is 15.1. The topological polar surface area (TPSA) is 85.6 Å². The number of hydrogen-bond donors (Lipinski definition) is 2. The fourth-order valence-corrected chi connectivity index (χ4v) is 3.73. The van der Waals surface area contributed by atoms with Crippen molar-refractivity contribution in [1.29, 1.82) is 0 Å². The van der Waals surface area contributed by atoms with Crippen molar-refractivity contribution < 1.29 is 9.47 Å². The maximum Gasteiger partial charge on any atom is 0.191 e. The molecule has 1 aromatic rings. The van der Waals surface area contributed by atoms with E-state index in [1.807, 2.05) is 18.5 Å². The highest BCUT2D eigenvalue weighted by molar-refractivity contribution is 14.0. The first-order chi connectivity index (χ1) is 13.7. The van der Waals surface area contributed by atoms with Crippen LogP contribution in [0.3, 0.4) is 0 Å². The first-order valence-corrected chi connectivity index (χ1v) is 10.8. The van der Waals surface area contributed by atoms with Gasteiger partial charge in [-0.3, -0.25) is 0 Å². The minimum atomic E-state index is 0. The van der Waals surface area contributed by atoms with Gasteiger partial charge < -0.3 is 24.7 Å². The van der Waals surface area contributed by atoms with Gasteiger partial charge in [-0.15, -0.1) is 34.2 Å². The van der Waals surface area contributed by atoms with Crippen LogP contribution in [-0.2, 0) is 23.1 Å². The van der Waals surface area contributed by atoms with Crippen molar-refractivity contribution >= 4 is 29.9 Å². The van der Waals surface area contributed by atoms with E-state index in [1.54, 1.807) is 0 Å². The van der Waals surface area contributed by atoms with E-state index in [2.05, 4.69) is 25.8 Å². The first kappa shape index (κ1) is 24.3. The Labute approximate surface area is 191 Å². The first-order valence-electron chi connectivity index (χ1n) is 10.8. The number of rotatable bonds is 8. The SMILES string of the molecule is Cc1nnc(CN=C(NCCOC2CCCCCC2)NCC2CCCO2)n1C.I. The summed E-state index contributed by atoms with van der Waals surface area (Å²) in [6, 6.07) is 0. The molecule has 2 fully saturated rings. The highest BCUT2D eigenvalue weighted by Crippen LogP contribution is 2.19. The van der Waals surface area contributed by atoms with Crippen molar-refractivity contribution in [3.8, 4) is 0 Å². The third-order valence-electron chi connectivity index (χ3n) is 5.63. The smallest absolute Gasteiger partial charge is 0.191 e. The van der Waals surface area contributed by atoms with E-state index >= 15 is 0 Å². The van der Waals surface area contributed by atoms with Gasteiger partial charge in [0.25, 0.3) is 0 Å². The summed E-state index contributed by atoms with van der Waals surface area (Å²) in [5.74, 6) is 2.52. The molecule has 0 radical (unpaired) electrons. The quantitative estimate of drug-likeness (QED) is 0.180. The van der Waals surface area contributed by atoms with E-state index in [9.17, 15) is 0 Å². The number of nitrogens with one attached hydrogen (secondary N) is 2. The molecule has 29 heavy (non-hydrogen) atoms. The Morgan fingerprint density at radius 2 is 1.93 bits per heavy atom. The summed E-state index contributed by atoms with van der Waals surface area (Å²) in [5.41, 5.74) is 0. The van der Waals surface area contributed by atoms with Crippen LogP contribution in [0.15, 0.2) is 4.99 Å². The van der Waals surface area contributed by atoms with E-state index in [1.165, 1.54) is 38.5 Å². The molecule has 1 saturated carbocycles. The number of nitrogens with zero attached hydrogens (tertiary/aromatic N) is 4. The van der Waals surface area contributed by atoms with Crippen molar-refractivity contribution in [2.75, 3.05) is 26.3 Å². The Balaban J connectivity index is 0.00000300. The van der Waals surface area contributed by atoms with Gasteiger partial charge in [0.15, 0.2) is 11.8 Å². The van der Waals surface area contributed by atoms with E-state index in [0.717, 1.165) is 50.1 Å². The fraction of sp³-hybridized carbons (Fsp3) is 0.850. The number of ether oxygens (including phenoxy) is 2. The molecule has 0 aromatic carbocycles. The zero-order valence-electron chi connectivity index (χ0n) is 17.9. The third kappa shape index (κ3) is 8.37. The van der Waals surface area contributed by atoms with Crippen LogP contribution >= 0.6 is 24.0 Å². The van der Waals surface area contributed by atoms with Gasteiger partial charge >= 0.3 is 0 Å². The van der Waals surface area contributed by atoms with Crippen LogP contribution in [0.5, 0.6) is 0 Å². The van der Waals surface area contributed by atoms with Gasteiger partial charge in [0.2, 0.25) is 0 Å². The van der Waals surface area contributed by atoms with Crippen LogP contribution in [0.1, 0.15) is 63.0 Å². The average molecular weight is 520 g/mol. The molecule has 2 aliphatic rings. The van der Waals surface area contributed by atoms with Gasteiger partial charge in [0.1, 0.15) is 12.4 Å². The van der Waals surface area contributed by atoms with Crippen LogP contribution in [0.4, 0.5) is 0 Å². The molecule has 2 N–H and O–H groups in total. The lowest BCUT2D eigenvalue weighted by Crippen LogP contribution is -2.42. The van der Waals surface area contributed by atoms with Crippen molar-refractivity contribution in [3.05, 3.63) is 11.6 Å². The molecule has 3 rings (SSSR count). The predicted molar refractivity (Wildman–Crippen MR) is 125 cm³/mol. The lowest BCUT2D eigenvalue weighted by molar-refractivity contribution is 0.0467. The highest BCUT2D eigenvalue weighted by atomic mass is 127. The molecule has 1 aliphatic carbocycles. The van der Waals surface area contributed by atoms with Crippen molar-refractivity contribution in [2.24, 2.45) is 12.0 Å². The Morgan fingerprint density at radius 1 is 1.14 bits per heavy atom. The summed E-state index contributed by atoms with van der Waals surface area (Å²) in [6.45, 7) is 5.51. The maximum atomic E-state index is 6.08. The molecule has 0 spiro atoms. The average Bonchev–Trinajstić information content (AvgIpc) is 3.24. The highest BCUT2D eigenvalue weighted by Gasteiger charge is 2.16. The third-order valence-corrected chi connectivity index (χ3v) is 5.63. The number of halogens is 1. The number of aryl methyl sites for hydroxylation is 1. The molecule has 166 valence electrons. The van der Waals surface area contributed by atoms with Gasteiger partial charge in [-0.2, -0.15) is 0 Å². The van der Waals surface area contributed by atoms with Crippen LogP contribution in [-0.4, -0.2) is 59.2 Å². The summed E-state index contributed by atoms with van der Waals surface area (Å²) >= 11 is 0. The van der Waals surface area contributed by atoms with Crippen molar-refractivity contribution in [1.82, 2.24) is 25.4 Å². The van der Waals surface area contributed by atoms with E-state index in [-0.39, 0.29) is 30.1 Å². The van der Waals surface area contributed by atoms with Gasteiger partial charge in [-0.1, -0.05) is 25.7 Å². The minimum Gasteiger partial charge on any atom is -0.376 e. The van der Waals surface area contributed by atoms with Gasteiger partial charge in [0, 0.05) is 26.7 Å². The lowest BCUT2D eigenvalue weighted by atomic mass is 10.1. The molecular formula is C20H37IN6O2. The Bertz CT molecular complexity index is 610. The van der Waals surface area contributed by atoms with Gasteiger partial charge in [-0.05, 0) is 32.6 Å². The summed E-state index contributed by atoms with van der Waals surface area (Å²) in [7, 11) is 1.97. The molecule has 1 aliphatic heterocycles. The van der Waals surface area contributed by atoms with Crippen LogP contribution in [0.2, 0.25) is 0 Å². The minimum absolute atomic E-state index is 0. The van der Waals surface area contributed by atoms with Crippen LogP contribution < -0.4 is 10.6 Å². The Kier molecular flexibility index (Phi) is 11.2. The van der Waals surface area contributed by atoms with Gasteiger partial charge in [-0.25, -0.2) is 4.99 Å². The van der Waals surface area contributed by atoms with E-state index < -0.39 is 0 Å².